The van der Waals surface area contributed by atoms with Gasteiger partial charge < -0.3 is 9.84 Å². The smallest absolute Gasteiger partial charge is 0.177 e. The largest absolute Gasteiger partial charge is 0.504 e. The summed E-state index contributed by atoms with van der Waals surface area (Å²) in [5.74, 6) is 1.01. The fourth-order valence-corrected chi connectivity index (χ4v) is 1.87. The van der Waals surface area contributed by atoms with Gasteiger partial charge in [0, 0.05) is 5.56 Å². The molecule has 0 aliphatic heterocycles. The van der Waals surface area contributed by atoms with Gasteiger partial charge >= 0.3 is 0 Å². The summed E-state index contributed by atoms with van der Waals surface area (Å²) in [5, 5.41) is 25.9. The topological polar surface area (TPSA) is 96.9 Å². The van der Waals surface area contributed by atoms with Crippen LogP contribution in [0.5, 0.6) is 11.5 Å². The van der Waals surface area contributed by atoms with Crippen molar-refractivity contribution >= 4 is 17.7 Å². The predicted molar refractivity (Wildman–Crippen MR) is 81.3 cm³/mol. The van der Waals surface area contributed by atoms with Crippen LogP contribution in [-0.2, 0) is 0 Å². The minimum Gasteiger partial charge on any atom is -0.504 e. The molecule has 2 aromatic heterocycles. The summed E-state index contributed by atoms with van der Waals surface area (Å²) in [6.07, 6.45) is 3.00. The summed E-state index contributed by atoms with van der Waals surface area (Å²) in [5.41, 5.74) is 3.98. The van der Waals surface area contributed by atoms with Crippen LogP contribution in [0.15, 0.2) is 41.8 Å². The first-order valence-electron chi connectivity index (χ1n) is 6.69. The highest BCUT2D eigenvalue weighted by Crippen LogP contribution is 2.28. The lowest BCUT2D eigenvalue weighted by Crippen LogP contribution is -1.98. The van der Waals surface area contributed by atoms with Crippen LogP contribution >= 0.6 is 0 Å². The third kappa shape index (κ3) is 2.80. The molecule has 1 aromatic carbocycles. The van der Waals surface area contributed by atoms with Gasteiger partial charge in [-0.25, -0.2) is 0 Å². The number of fused-ring (bicyclic) bond motifs is 1. The lowest BCUT2D eigenvalue weighted by molar-refractivity contribution is 0.318. The van der Waals surface area contributed by atoms with Gasteiger partial charge in [-0.15, -0.1) is 15.3 Å². The molecule has 0 radical (unpaired) electrons. The molecule has 0 unspecified atom stereocenters. The molecule has 2 heterocycles. The van der Waals surface area contributed by atoms with E-state index in [0.29, 0.717) is 29.4 Å². The number of hydrazone groups is 1. The Kier molecular flexibility index (Phi) is 3.82. The first-order valence-corrected chi connectivity index (χ1v) is 6.69. The standard InChI is InChI=1S/C14H14N6O2/c1-2-22-11-5-3-4-10(14(11)21)8-15-17-12-6-7-13-18-16-9-20(13)19-12/h3-9,21H,2H2,1H3,(H,17,19)/b15-8+. The first-order chi connectivity index (χ1) is 10.8. The molecule has 0 saturated carbocycles. The molecule has 0 saturated heterocycles. The van der Waals surface area contributed by atoms with E-state index < -0.39 is 0 Å². The van der Waals surface area contributed by atoms with Crippen LogP contribution in [-0.4, -0.2) is 37.7 Å². The number of anilines is 1. The highest BCUT2D eigenvalue weighted by molar-refractivity contribution is 5.85. The number of rotatable bonds is 5. The molecule has 112 valence electrons. The van der Waals surface area contributed by atoms with E-state index in [-0.39, 0.29) is 5.75 Å². The van der Waals surface area contributed by atoms with Crippen molar-refractivity contribution in [3.63, 3.8) is 0 Å². The number of hydrogen-bond acceptors (Lipinski definition) is 7. The third-order valence-corrected chi connectivity index (χ3v) is 2.87. The summed E-state index contributed by atoms with van der Waals surface area (Å²) in [6, 6.07) is 8.72. The van der Waals surface area contributed by atoms with E-state index in [1.807, 2.05) is 6.92 Å². The zero-order chi connectivity index (χ0) is 15.4. The SMILES string of the molecule is CCOc1cccc(/C=N/Nc2ccc3nncn3n2)c1O. The summed E-state index contributed by atoms with van der Waals surface area (Å²) in [6.45, 7) is 2.34. The number of aromatic nitrogens is 4. The Labute approximate surface area is 126 Å². The number of phenolic OH excluding ortho intramolecular Hbond substituents is 1. The molecular formula is C14H14N6O2. The second-order valence-corrected chi connectivity index (χ2v) is 4.35. The number of nitrogens with one attached hydrogen (secondary N) is 1. The van der Waals surface area contributed by atoms with Crippen LogP contribution in [0.4, 0.5) is 5.82 Å². The van der Waals surface area contributed by atoms with E-state index in [1.165, 1.54) is 17.1 Å². The molecule has 0 amide bonds. The van der Waals surface area contributed by atoms with Crippen molar-refractivity contribution < 1.29 is 9.84 Å². The highest BCUT2D eigenvalue weighted by Gasteiger charge is 2.05. The molecule has 2 N–H and O–H groups in total. The summed E-state index contributed by atoms with van der Waals surface area (Å²) >= 11 is 0. The van der Waals surface area contributed by atoms with Crippen molar-refractivity contribution in [2.75, 3.05) is 12.0 Å². The Hall–Kier alpha value is -3.16. The molecule has 8 nitrogen and oxygen atoms in total. The molecule has 22 heavy (non-hydrogen) atoms. The van der Waals surface area contributed by atoms with Gasteiger partial charge in [0.1, 0.15) is 6.33 Å². The second-order valence-electron chi connectivity index (χ2n) is 4.35. The fourth-order valence-electron chi connectivity index (χ4n) is 1.87. The van der Waals surface area contributed by atoms with Crippen LogP contribution in [0.1, 0.15) is 12.5 Å². The zero-order valence-corrected chi connectivity index (χ0v) is 11.8. The molecule has 0 aliphatic carbocycles. The maximum atomic E-state index is 10.1. The first kappa shape index (κ1) is 13.8. The van der Waals surface area contributed by atoms with E-state index >= 15 is 0 Å². The Morgan fingerprint density at radius 3 is 3.14 bits per heavy atom. The molecule has 3 rings (SSSR count). The average molecular weight is 298 g/mol. The van der Waals surface area contributed by atoms with E-state index in [4.69, 9.17) is 4.74 Å². The molecule has 3 aromatic rings. The van der Waals surface area contributed by atoms with Crippen molar-refractivity contribution in [3.8, 4) is 11.5 Å². The maximum Gasteiger partial charge on any atom is 0.177 e. The minimum atomic E-state index is 0.0529. The van der Waals surface area contributed by atoms with Gasteiger partial charge in [-0.1, -0.05) is 6.07 Å². The summed E-state index contributed by atoms with van der Waals surface area (Å²) in [7, 11) is 0. The van der Waals surface area contributed by atoms with Crippen molar-refractivity contribution in [1.82, 2.24) is 19.8 Å². The number of para-hydroxylation sites is 1. The minimum absolute atomic E-state index is 0.0529. The Bertz CT molecular complexity index is 814. The van der Waals surface area contributed by atoms with Crippen molar-refractivity contribution in [1.29, 1.82) is 0 Å². The van der Waals surface area contributed by atoms with Crippen LogP contribution in [0, 0.1) is 0 Å². The third-order valence-electron chi connectivity index (χ3n) is 2.87. The van der Waals surface area contributed by atoms with Crippen LogP contribution in [0.25, 0.3) is 5.65 Å². The molecule has 8 heteroatoms. The quantitative estimate of drug-likeness (QED) is 0.549. The number of ether oxygens (including phenoxy) is 1. The predicted octanol–water partition coefficient (Wildman–Crippen LogP) is 1.67. The van der Waals surface area contributed by atoms with Gasteiger partial charge in [-0.3, -0.25) is 5.43 Å². The Morgan fingerprint density at radius 2 is 2.27 bits per heavy atom. The summed E-state index contributed by atoms with van der Waals surface area (Å²) < 4.78 is 6.85. The molecule has 0 fully saturated rings. The number of nitrogens with zero attached hydrogens (tertiary/aromatic N) is 5. The van der Waals surface area contributed by atoms with Crippen molar-refractivity contribution in [2.45, 2.75) is 6.92 Å². The van der Waals surface area contributed by atoms with Gasteiger partial charge in [0.2, 0.25) is 0 Å². The van der Waals surface area contributed by atoms with E-state index in [1.54, 1.807) is 30.3 Å². The lowest BCUT2D eigenvalue weighted by Gasteiger charge is -2.07. The van der Waals surface area contributed by atoms with E-state index in [2.05, 4.69) is 25.8 Å². The van der Waals surface area contributed by atoms with Crippen molar-refractivity contribution in [2.24, 2.45) is 5.10 Å². The van der Waals surface area contributed by atoms with Crippen molar-refractivity contribution in [3.05, 3.63) is 42.2 Å². The van der Waals surface area contributed by atoms with Gasteiger partial charge in [0.15, 0.2) is 23.0 Å². The van der Waals surface area contributed by atoms with Gasteiger partial charge in [0.25, 0.3) is 0 Å². The van der Waals surface area contributed by atoms with Gasteiger partial charge in [0.05, 0.1) is 12.8 Å². The highest BCUT2D eigenvalue weighted by atomic mass is 16.5. The van der Waals surface area contributed by atoms with Crippen LogP contribution in [0.3, 0.4) is 0 Å². The Morgan fingerprint density at radius 1 is 1.36 bits per heavy atom. The fraction of sp³-hybridized carbons (Fsp3) is 0.143. The van der Waals surface area contributed by atoms with Gasteiger partial charge in [-0.2, -0.15) is 9.62 Å². The number of aromatic hydroxyl groups is 1. The second kappa shape index (κ2) is 6.08. The molecular weight excluding hydrogens is 284 g/mol. The van der Waals surface area contributed by atoms with Gasteiger partial charge in [-0.05, 0) is 31.2 Å². The zero-order valence-electron chi connectivity index (χ0n) is 11.8. The van der Waals surface area contributed by atoms with E-state index in [9.17, 15) is 5.11 Å². The monoisotopic (exact) mass is 298 g/mol. The summed E-state index contributed by atoms with van der Waals surface area (Å²) in [4.78, 5) is 0. The Balaban J connectivity index is 1.75. The molecule has 0 aliphatic rings. The molecule has 0 spiro atoms. The normalized spacial score (nSPS) is 11.1. The number of benzene rings is 1. The number of phenols is 1. The molecule has 0 atom stereocenters. The molecule has 0 bridgehead atoms. The average Bonchev–Trinajstić information content (AvgIpc) is 2.99. The number of hydrogen-bond donors (Lipinski definition) is 2. The van der Waals surface area contributed by atoms with Crippen LogP contribution in [0.2, 0.25) is 0 Å². The van der Waals surface area contributed by atoms with E-state index in [0.717, 1.165) is 0 Å². The maximum absolute atomic E-state index is 10.1. The van der Waals surface area contributed by atoms with Crippen LogP contribution < -0.4 is 10.2 Å². The lowest BCUT2D eigenvalue weighted by atomic mass is 10.2.